The number of halogens is 1. The molecule has 5 heteroatoms. The predicted octanol–water partition coefficient (Wildman–Crippen LogP) is 4.96. The van der Waals surface area contributed by atoms with Crippen LogP contribution in [-0.4, -0.2) is 11.8 Å². The van der Waals surface area contributed by atoms with Crippen LogP contribution in [0.5, 0.6) is 0 Å². The molecule has 2 aromatic carbocycles. The van der Waals surface area contributed by atoms with E-state index >= 15 is 0 Å². The Morgan fingerprint density at radius 3 is 2.03 bits per heavy atom. The Bertz CT molecular complexity index is 864. The van der Waals surface area contributed by atoms with Crippen molar-refractivity contribution in [3.63, 3.8) is 0 Å². The number of hydrogen-bond donors (Lipinski definition) is 2. The molecule has 2 atom stereocenters. The van der Waals surface area contributed by atoms with Crippen molar-refractivity contribution in [3.8, 4) is 0 Å². The van der Waals surface area contributed by atoms with Crippen LogP contribution >= 0.6 is 0 Å². The van der Waals surface area contributed by atoms with E-state index < -0.39 is 0 Å². The molecule has 1 aliphatic carbocycles. The lowest BCUT2D eigenvalue weighted by atomic mass is 9.92. The number of anilines is 1. The lowest BCUT2D eigenvalue weighted by molar-refractivity contribution is -0.125. The first-order valence-corrected chi connectivity index (χ1v) is 10.2. The van der Waals surface area contributed by atoms with Crippen molar-refractivity contribution in [3.05, 3.63) is 65.0 Å². The summed E-state index contributed by atoms with van der Waals surface area (Å²) in [5.74, 6) is -0.553. The van der Waals surface area contributed by atoms with Gasteiger partial charge in [-0.15, -0.1) is 0 Å². The second-order valence-corrected chi connectivity index (χ2v) is 8.40. The maximum absolute atomic E-state index is 13.0. The minimum Gasteiger partial charge on any atom is -0.352 e. The summed E-state index contributed by atoms with van der Waals surface area (Å²) >= 11 is 0. The molecule has 2 amide bonds. The summed E-state index contributed by atoms with van der Waals surface area (Å²) in [7, 11) is 0. The van der Waals surface area contributed by atoms with E-state index in [0.717, 1.165) is 22.4 Å². The fraction of sp³-hybridized carbons (Fsp3) is 0.417. The van der Waals surface area contributed by atoms with E-state index in [2.05, 4.69) is 38.3 Å². The van der Waals surface area contributed by atoms with Crippen LogP contribution in [0.1, 0.15) is 62.6 Å². The summed E-state index contributed by atoms with van der Waals surface area (Å²) in [6.07, 6.45) is 0.557. The van der Waals surface area contributed by atoms with E-state index in [9.17, 15) is 14.0 Å². The topological polar surface area (TPSA) is 58.2 Å². The summed E-state index contributed by atoms with van der Waals surface area (Å²) in [5, 5.41) is 5.95. The Hall–Kier alpha value is -2.69. The smallest absolute Gasteiger partial charge is 0.228 e. The monoisotopic (exact) mass is 396 g/mol. The molecule has 2 N–H and O–H groups in total. The quantitative estimate of drug-likeness (QED) is 0.695. The van der Waals surface area contributed by atoms with Gasteiger partial charge in [0.15, 0.2) is 0 Å². The zero-order valence-electron chi connectivity index (χ0n) is 17.5. The van der Waals surface area contributed by atoms with E-state index in [-0.39, 0.29) is 41.3 Å². The van der Waals surface area contributed by atoms with Crippen molar-refractivity contribution in [2.45, 2.75) is 52.5 Å². The van der Waals surface area contributed by atoms with Gasteiger partial charge in [0, 0.05) is 12.2 Å². The lowest BCUT2D eigenvalue weighted by Crippen LogP contribution is -2.27. The molecule has 0 saturated heterocycles. The van der Waals surface area contributed by atoms with Crippen molar-refractivity contribution in [2.75, 3.05) is 5.32 Å². The number of benzene rings is 2. The highest BCUT2D eigenvalue weighted by Gasteiger charge is 2.48. The van der Waals surface area contributed by atoms with E-state index in [0.29, 0.717) is 13.0 Å². The molecule has 0 radical (unpaired) electrons. The van der Waals surface area contributed by atoms with Crippen molar-refractivity contribution in [2.24, 2.45) is 11.8 Å². The fourth-order valence-electron chi connectivity index (χ4n) is 3.61. The molecule has 0 aliphatic heterocycles. The Balaban J connectivity index is 1.61. The molecule has 3 rings (SSSR count). The van der Waals surface area contributed by atoms with Crippen LogP contribution in [0.4, 0.5) is 10.1 Å². The maximum atomic E-state index is 13.0. The molecule has 1 saturated carbocycles. The molecular formula is C24H29FN2O2. The van der Waals surface area contributed by atoms with Crippen LogP contribution in [0, 0.1) is 17.7 Å². The average molecular weight is 397 g/mol. The zero-order chi connectivity index (χ0) is 21.1. The molecule has 0 aromatic heterocycles. The number of carbonyl (C=O) groups excluding carboxylic acids is 2. The highest BCUT2D eigenvalue weighted by Crippen LogP contribution is 2.41. The highest BCUT2D eigenvalue weighted by atomic mass is 19.1. The minimum atomic E-state index is -0.304. The number of amides is 2. The number of para-hydroxylation sites is 1. The largest absolute Gasteiger partial charge is 0.352 e. The molecule has 0 spiro atoms. The van der Waals surface area contributed by atoms with Crippen LogP contribution in [0.3, 0.4) is 0 Å². The Morgan fingerprint density at radius 1 is 0.931 bits per heavy atom. The maximum Gasteiger partial charge on any atom is 0.228 e. The molecule has 2 unspecified atom stereocenters. The fourth-order valence-corrected chi connectivity index (χ4v) is 3.61. The second-order valence-electron chi connectivity index (χ2n) is 8.40. The van der Waals surface area contributed by atoms with Gasteiger partial charge in [0.2, 0.25) is 11.8 Å². The third-order valence-corrected chi connectivity index (χ3v) is 5.47. The molecule has 2 aromatic rings. The van der Waals surface area contributed by atoms with Crippen LogP contribution in [0.15, 0.2) is 42.5 Å². The zero-order valence-corrected chi connectivity index (χ0v) is 17.5. The normalized spacial score (nSPS) is 18.0. The second kappa shape index (κ2) is 8.76. The summed E-state index contributed by atoms with van der Waals surface area (Å²) < 4.78 is 13.0. The van der Waals surface area contributed by atoms with E-state index in [4.69, 9.17) is 0 Å². The van der Waals surface area contributed by atoms with Gasteiger partial charge in [-0.3, -0.25) is 9.59 Å². The summed E-state index contributed by atoms with van der Waals surface area (Å²) in [6, 6.07) is 12.1. The standard InChI is InChI=1S/C24H29FN2O2/c1-14(2)18-6-5-7-19(15(3)4)22(18)27-24(29)21-12-20(21)23(28)26-13-16-8-10-17(25)11-9-16/h5-11,14-15,20-21H,12-13H2,1-4H3,(H,26,28)(H,27,29). The van der Waals surface area contributed by atoms with Gasteiger partial charge in [-0.05, 0) is 47.1 Å². The van der Waals surface area contributed by atoms with Gasteiger partial charge >= 0.3 is 0 Å². The summed E-state index contributed by atoms with van der Waals surface area (Å²) in [5.41, 5.74) is 3.94. The Kier molecular flexibility index (Phi) is 6.36. The lowest BCUT2D eigenvalue weighted by Gasteiger charge is -2.20. The third-order valence-electron chi connectivity index (χ3n) is 5.47. The van der Waals surface area contributed by atoms with Crippen molar-refractivity contribution >= 4 is 17.5 Å². The first-order valence-electron chi connectivity index (χ1n) is 10.2. The molecule has 1 fully saturated rings. The average Bonchev–Trinajstić information content (AvgIpc) is 3.48. The third kappa shape index (κ3) is 5.03. The van der Waals surface area contributed by atoms with Crippen molar-refractivity contribution < 1.29 is 14.0 Å². The van der Waals surface area contributed by atoms with Crippen LogP contribution in [0.25, 0.3) is 0 Å². The summed E-state index contributed by atoms with van der Waals surface area (Å²) in [4.78, 5) is 25.2. The van der Waals surface area contributed by atoms with Gasteiger partial charge in [-0.2, -0.15) is 0 Å². The molecule has 154 valence electrons. The molecule has 29 heavy (non-hydrogen) atoms. The number of nitrogens with one attached hydrogen (secondary N) is 2. The number of carbonyl (C=O) groups is 2. The number of hydrogen-bond acceptors (Lipinski definition) is 2. The first-order chi connectivity index (χ1) is 13.8. The van der Waals surface area contributed by atoms with Gasteiger partial charge in [0.25, 0.3) is 0 Å². The van der Waals surface area contributed by atoms with E-state index in [1.807, 2.05) is 18.2 Å². The molecule has 0 heterocycles. The molecule has 4 nitrogen and oxygen atoms in total. The Labute approximate surface area is 171 Å². The van der Waals surface area contributed by atoms with Crippen molar-refractivity contribution in [1.29, 1.82) is 0 Å². The highest BCUT2D eigenvalue weighted by molar-refractivity contribution is 6.00. The van der Waals surface area contributed by atoms with Gasteiger partial charge in [-0.25, -0.2) is 4.39 Å². The van der Waals surface area contributed by atoms with E-state index in [1.54, 1.807) is 12.1 Å². The van der Waals surface area contributed by atoms with Gasteiger partial charge in [0.1, 0.15) is 5.82 Å². The molecule has 1 aliphatic rings. The van der Waals surface area contributed by atoms with Crippen LogP contribution in [0.2, 0.25) is 0 Å². The van der Waals surface area contributed by atoms with E-state index in [1.165, 1.54) is 12.1 Å². The van der Waals surface area contributed by atoms with Crippen LogP contribution < -0.4 is 10.6 Å². The minimum absolute atomic E-state index is 0.0954. The SMILES string of the molecule is CC(C)c1cccc(C(C)C)c1NC(=O)C1CC1C(=O)NCc1ccc(F)cc1. The molecular weight excluding hydrogens is 367 g/mol. The first kappa shape index (κ1) is 21.0. The van der Waals surface area contributed by atoms with Crippen LogP contribution in [-0.2, 0) is 16.1 Å². The summed E-state index contributed by atoms with van der Waals surface area (Å²) in [6.45, 7) is 8.77. The van der Waals surface area contributed by atoms with Gasteiger partial charge in [-0.1, -0.05) is 58.0 Å². The number of rotatable bonds is 7. The predicted molar refractivity (Wildman–Crippen MR) is 113 cm³/mol. The van der Waals surface area contributed by atoms with Gasteiger partial charge < -0.3 is 10.6 Å². The molecule has 0 bridgehead atoms. The van der Waals surface area contributed by atoms with Crippen molar-refractivity contribution in [1.82, 2.24) is 5.32 Å². The van der Waals surface area contributed by atoms with Gasteiger partial charge in [0.05, 0.1) is 11.8 Å². The Morgan fingerprint density at radius 2 is 1.48 bits per heavy atom.